The predicted molar refractivity (Wildman–Crippen MR) is 96.0 cm³/mol. The number of rotatable bonds is 5. The van der Waals surface area contributed by atoms with E-state index >= 15 is 0 Å². The van der Waals surface area contributed by atoms with Crippen LogP contribution in [0.25, 0.3) is 11.0 Å². The molecule has 4 N–H and O–H groups in total. The molecular weight excluding hydrogens is 372 g/mol. The molecule has 1 aromatic heterocycles. The normalized spacial score (nSPS) is 27.7. The van der Waals surface area contributed by atoms with Gasteiger partial charge in [0, 0.05) is 18.6 Å². The number of fused-ring (bicyclic) bond motifs is 1. The maximum atomic E-state index is 12.4. The molecule has 0 radical (unpaired) electrons. The molecule has 5 unspecified atom stereocenters. The maximum Gasteiger partial charge on any atom is 0.229 e. The second-order valence-corrected chi connectivity index (χ2v) is 6.87. The van der Waals surface area contributed by atoms with Crippen LogP contribution in [0.15, 0.2) is 27.4 Å². The summed E-state index contributed by atoms with van der Waals surface area (Å²) in [6.07, 6.45) is -7.24. The number of ether oxygens (including phenoxy) is 2. The van der Waals surface area contributed by atoms with Crippen molar-refractivity contribution in [2.45, 2.75) is 51.0 Å². The monoisotopic (exact) mass is 394 g/mol. The van der Waals surface area contributed by atoms with E-state index in [0.29, 0.717) is 11.3 Å². The SMILES string of the molecule is CC(=O)Cc1cc(OC2OC(CO)C(O)C(O)C2O)cc2oc(C)cc(=O)c12. The fraction of sp³-hybridized carbons (Fsp3) is 0.474. The highest BCUT2D eigenvalue weighted by molar-refractivity contribution is 5.88. The van der Waals surface area contributed by atoms with Gasteiger partial charge in [-0.15, -0.1) is 0 Å². The highest BCUT2D eigenvalue weighted by Crippen LogP contribution is 2.29. The second kappa shape index (κ2) is 7.98. The number of hydrogen-bond acceptors (Lipinski definition) is 9. The molecule has 0 spiro atoms. The molecule has 3 rings (SSSR count). The molecule has 1 aliphatic heterocycles. The summed E-state index contributed by atoms with van der Waals surface area (Å²) in [6, 6.07) is 4.19. The van der Waals surface area contributed by atoms with Crippen LogP contribution in [0.3, 0.4) is 0 Å². The van der Waals surface area contributed by atoms with Gasteiger partial charge < -0.3 is 34.3 Å². The summed E-state index contributed by atoms with van der Waals surface area (Å²) in [7, 11) is 0. The quantitative estimate of drug-likeness (QED) is 0.522. The van der Waals surface area contributed by atoms with Crippen molar-refractivity contribution < 1.29 is 39.1 Å². The summed E-state index contributed by atoms with van der Waals surface area (Å²) in [5.74, 6) is 0.323. The van der Waals surface area contributed by atoms with Crippen molar-refractivity contribution in [2.24, 2.45) is 0 Å². The fourth-order valence-electron chi connectivity index (χ4n) is 3.24. The lowest BCUT2D eigenvalue weighted by Gasteiger charge is -2.39. The Bertz CT molecular complexity index is 933. The van der Waals surface area contributed by atoms with Crippen LogP contribution < -0.4 is 10.2 Å². The van der Waals surface area contributed by atoms with Crippen LogP contribution >= 0.6 is 0 Å². The Kier molecular flexibility index (Phi) is 5.82. The van der Waals surface area contributed by atoms with Crippen molar-refractivity contribution >= 4 is 16.8 Å². The lowest BCUT2D eigenvalue weighted by Crippen LogP contribution is -2.60. The zero-order chi connectivity index (χ0) is 20.6. The summed E-state index contributed by atoms with van der Waals surface area (Å²) in [5, 5.41) is 39.4. The van der Waals surface area contributed by atoms with E-state index in [1.54, 1.807) is 6.92 Å². The number of hydrogen-bond donors (Lipinski definition) is 4. The van der Waals surface area contributed by atoms with Crippen molar-refractivity contribution in [1.82, 2.24) is 0 Å². The molecule has 5 atom stereocenters. The Balaban J connectivity index is 2.01. The number of carbonyl (C=O) groups excluding carboxylic acids is 1. The van der Waals surface area contributed by atoms with E-state index in [9.17, 15) is 30.0 Å². The summed E-state index contributed by atoms with van der Waals surface area (Å²) < 4.78 is 16.5. The molecular formula is C19H22O9. The Morgan fingerprint density at radius 2 is 1.86 bits per heavy atom. The number of carbonyl (C=O) groups is 1. The van der Waals surface area contributed by atoms with E-state index in [0.717, 1.165) is 0 Å². The summed E-state index contributed by atoms with van der Waals surface area (Å²) >= 11 is 0. The topological polar surface area (TPSA) is 147 Å². The van der Waals surface area contributed by atoms with Crippen LogP contribution in [0.1, 0.15) is 18.2 Å². The molecule has 0 aliphatic carbocycles. The third-order valence-electron chi connectivity index (χ3n) is 4.55. The molecule has 2 heterocycles. The van der Waals surface area contributed by atoms with Gasteiger partial charge in [-0.1, -0.05) is 0 Å². The van der Waals surface area contributed by atoms with Crippen LogP contribution in [0, 0.1) is 6.92 Å². The Hall–Kier alpha value is -2.30. The molecule has 2 aromatic rings. The number of benzene rings is 1. The number of ketones is 1. The van der Waals surface area contributed by atoms with Crippen molar-refractivity contribution in [3.63, 3.8) is 0 Å². The molecule has 1 aromatic carbocycles. The smallest absolute Gasteiger partial charge is 0.229 e. The molecule has 0 bridgehead atoms. The lowest BCUT2D eigenvalue weighted by molar-refractivity contribution is -0.277. The number of aliphatic hydroxyl groups excluding tert-OH is 4. The van der Waals surface area contributed by atoms with Gasteiger partial charge in [0.15, 0.2) is 5.43 Å². The van der Waals surface area contributed by atoms with Crippen LogP contribution in [0.2, 0.25) is 0 Å². The second-order valence-electron chi connectivity index (χ2n) is 6.87. The molecule has 1 fully saturated rings. The van der Waals surface area contributed by atoms with Crippen molar-refractivity contribution in [3.05, 3.63) is 39.7 Å². The zero-order valence-corrected chi connectivity index (χ0v) is 15.4. The number of aryl methyl sites for hydroxylation is 1. The first-order chi connectivity index (χ1) is 13.2. The van der Waals surface area contributed by atoms with Gasteiger partial charge in [0.25, 0.3) is 0 Å². The molecule has 1 saturated heterocycles. The minimum Gasteiger partial charge on any atom is -0.462 e. The molecule has 9 heteroatoms. The van der Waals surface area contributed by atoms with Gasteiger partial charge in [0.05, 0.1) is 12.0 Å². The summed E-state index contributed by atoms with van der Waals surface area (Å²) in [6.45, 7) is 2.40. The van der Waals surface area contributed by atoms with Crippen LogP contribution in [-0.4, -0.2) is 63.5 Å². The first kappa shape index (κ1) is 20.4. The van der Waals surface area contributed by atoms with E-state index in [2.05, 4.69) is 0 Å². The first-order valence-electron chi connectivity index (χ1n) is 8.75. The predicted octanol–water partition coefficient (Wildman–Crippen LogP) is -0.588. The molecule has 152 valence electrons. The Morgan fingerprint density at radius 3 is 2.50 bits per heavy atom. The van der Waals surface area contributed by atoms with E-state index in [-0.39, 0.29) is 34.4 Å². The fourth-order valence-corrected chi connectivity index (χ4v) is 3.24. The number of Topliss-reactive ketones (excluding diaryl/α,β-unsaturated/α-hetero) is 1. The minimum atomic E-state index is -1.59. The molecule has 0 saturated carbocycles. The van der Waals surface area contributed by atoms with E-state index in [1.165, 1.54) is 25.1 Å². The van der Waals surface area contributed by atoms with Crippen molar-refractivity contribution in [2.75, 3.05) is 6.61 Å². The van der Waals surface area contributed by atoms with Gasteiger partial charge in [-0.25, -0.2) is 0 Å². The largest absolute Gasteiger partial charge is 0.462 e. The Morgan fingerprint density at radius 1 is 1.14 bits per heavy atom. The van der Waals surface area contributed by atoms with E-state index in [1.807, 2.05) is 0 Å². The van der Waals surface area contributed by atoms with Gasteiger partial charge >= 0.3 is 0 Å². The lowest BCUT2D eigenvalue weighted by atomic mass is 9.99. The summed E-state index contributed by atoms with van der Waals surface area (Å²) in [4.78, 5) is 24.0. The third-order valence-corrected chi connectivity index (χ3v) is 4.55. The van der Waals surface area contributed by atoms with Crippen LogP contribution in [-0.2, 0) is 16.0 Å². The van der Waals surface area contributed by atoms with Crippen LogP contribution in [0.4, 0.5) is 0 Å². The standard InChI is InChI=1S/C19H22O9/c1-8(21)3-10-5-11(6-13-15(10)12(22)4-9(2)26-13)27-19-18(25)17(24)16(23)14(7-20)28-19/h4-6,14,16-20,23-25H,3,7H2,1-2H3. The molecule has 1 aliphatic rings. The summed E-state index contributed by atoms with van der Waals surface area (Å²) in [5.41, 5.74) is 0.288. The first-order valence-corrected chi connectivity index (χ1v) is 8.75. The van der Waals surface area contributed by atoms with E-state index in [4.69, 9.17) is 13.9 Å². The maximum absolute atomic E-state index is 12.4. The van der Waals surface area contributed by atoms with Crippen LogP contribution in [0.5, 0.6) is 5.75 Å². The van der Waals surface area contributed by atoms with Gasteiger partial charge in [0.2, 0.25) is 6.29 Å². The van der Waals surface area contributed by atoms with Gasteiger partial charge in [0.1, 0.15) is 47.3 Å². The van der Waals surface area contributed by atoms with E-state index < -0.39 is 37.3 Å². The van der Waals surface area contributed by atoms with Gasteiger partial charge in [-0.3, -0.25) is 9.59 Å². The Labute approximate surface area is 159 Å². The minimum absolute atomic E-state index is 0.0315. The highest BCUT2D eigenvalue weighted by Gasteiger charge is 2.44. The average molecular weight is 394 g/mol. The molecule has 28 heavy (non-hydrogen) atoms. The number of aliphatic hydroxyl groups is 4. The van der Waals surface area contributed by atoms with Gasteiger partial charge in [-0.2, -0.15) is 0 Å². The highest BCUT2D eigenvalue weighted by atomic mass is 16.7. The molecule has 9 nitrogen and oxygen atoms in total. The van der Waals surface area contributed by atoms with Gasteiger partial charge in [-0.05, 0) is 25.5 Å². The molecule has 0 amide bonds. The third kappa shape index (κ3) is 3.94. The zero-order valence-electron chi connectivity index (χ0n) is 15.4. The average Bonchev–Trinajstić information content (AvgIpc) is 2.60. The van der Waals surface area contributed by atoms with Crippen molar-refractivity contribution in [3.8, 4) is 5.75 Å². The van der Waals surface area contributed by atoms with Crippen molar-refractivity contribution in [1.29, 1.82) is 0 Å².